The zero-order valence-electron chi connectivity index (χ0n) is 11.9. The highest BCUT2D eigenvalue weighted by molar-refractivity contribution is 5.99. The summed E-state index contributed by atoms with van der Waals surface area (Å²) in [6.07, 6.45) is 1.60. The van der Waals surface area contributed by atoms with Crippen molar-refractivity contribution in [3.8, 4) is 0 Å². The van der Waals surface area contributed by atoms with Crippen molar-refractivity contribution in [2.75, 3.05) is 18.8 Å². The molecule has 3 N–H and O–H groups in total. The van der Waals surface area contributed by atoms with Crippen LogP contribution in [0.5, 0.6) is 0 Å². The highest BCUT2D eigenvalue weighted by Gasteiger charge is 2.42. The lowest BCUT2D eigenvalue weighted by molar-refractivity contribution is -0.152. The number of carbonyl (C=O) groups excluding carboxylic acids is 1. The van der Waals surface area contributed by atoms with Crippen LogP contribution >= 0.6 is 0 Å². The predicted molar refractivity (Wildman–Crippen MR) is 76.3 cm³/mol. The first-order valence-corrected chi connectivity index (χ1v) is 6.98. The second-order valence-corrected chi connectivity index (χ2v) is 5.47. The minimum Gasteiger partial charge on any atom is -0.481 e. The fourth-order valence-electron chi connectivity index (χ4n) is 2.81. The lowest BCUT2D eigenvalue weighted by Crippen LogP contribution is -2.49. The lowest BCUT2D eigenvalue weighted by Gasteiger charge is -2.39. The number of hydrogen-bond acceptors (Lipinski definition) is 3. The number of likely N-dealkylation sites (tertiary alicyclic amines) is 1. The molecule has 114 valence electrons. The molecule has 0 radical (unpaired) electrons. The Morgan fingerprint density at radius 2 is 2.19 bits per heavy atom. The zero-order chi connectivity index (χ0) is 15.6. The van der Waals surface area contributed by atoms with Crippen LogP contribution in [-0.4, -0.2) is 35.0 Å². The molecule has 21 heavy (non-hydrogen) atoms. The number of para-hydroxylation sites is 1. The number of benzene rings is 1. The van der Waals surface area contributed by atoms with Crippen LogP contribution in [0.15, 0.2) is 18.2 Å². The van der Waals surface area contributed by atoms with Gasteiger partial charge in [-0.15, -0.1) is 0 Å². The van der Waals surface area contributed by atoms with E-state index in [9.17, 15) is 19.1 Å². The maximum absolute atomic E-state index is 13.5. The Morgan fingerprint density at radius 1 is 1.48 bits per heavy atom. The van der Waals surface area contributed by atoms with E-state index in [1.807, 2.05) is 0 Å². The quantitative estimate of drug-likeness (QED) is 0.836. The summed E-state index contributed by atoms with van der Waals surface area (Å²) in [4.78, 5) is 25.5. The molecule has 5 nitrogen and oxygen atoms in total. The third kappa shape index (κ3) is 2.70. The minimum atomic E-state index is -0.921. The van der Waals surface area contributed by atoms with E-state index < -0.39 is 23.1 Å². The van der Waals surface area contributed by atoms with Gasteiger partial charge in [0.1, 0.15) is 5.82 Å². The first-order valence-electron chi connectivity index (χ1n) is 6.98. The molecule has 0 bridgehead atoms. The van der Waals surface area contributed by atoms with Crippen molar-refractivity contribution in [1.29, 1.82) is 0 Å². The highest BCUT2D eigenvalue weighted by Crippen LogP contribution is 2.34. The lowest BCUT2D eigenvalue weighted by atomic mass is 9.77. The second kappa shape index (κ2) is 5.71. The fraction of sp³-hybridized carbons (Fsp3) is 0.467. The number of carboxylic acids is 1. The van der Waals surface area contributed by atoms with Crippen molar-refractivity contribution >= 4 is 17.6 Å². The number of aliphatic carboxylic acids is 1. The summed E-state index contributed by atoms with van der Waals surface area (Å²) in [6.45, 7) is 2.40. The van der Waals surface area contributed by atoms with Crippen molar-refractivity contribution in [2.24, 2.45) is 5.41 Å². The molecule has 0 aromatic heterocycles. The van der Waals surface area contributed by atoms with E-state index in [2.05, 4.69) is 0 Å². The number of nitrogens with zero attached hydrogens (tertiary/aromatic N) is 1. The molecule has 1 amide bonds. The number of nitrogen functional groups attached to an aromatic ring is 1. The second-order valence-electron chi connectivity index (χ2n) is 5.47. The molecule has 0 saturated carbocycles. The Bertz CT molecular complexity index is 576. The molecule has 1 unspecified atom stereocenters. The predicted octanol–water partition coefficient (Wildman–Crippen LogP) is 2.12. The van der Waals surface area contributed by atoms with Gasteiger partial charge in [0.05, 0.1) is 16.7 Å². The molecule has 0 spiro atoms. The first-order chi connectivity index (χ1) is 9.91. The molecule has 1 heterocycles. The van der Waals surface area contributed by atoms with Crippen LogP contribution in [0, 0.1) is 11.2 Å². The van der Waals surface area contributed by atoms with Gasteiger partial charge >= 0.3 is 5.97 Å². The van der Waals surface area contributed by atoms with Crippen molar-refractivity contribution in [3.05, 3.63) is 29.6 Å². The van der Waals surface area contributed by atoms with E-state index in [0.29, 0.717) is 25.8 Å². The van der Waals surface area contributed by atoms with Gasteiger partial charge in [-0.25, -0.2) is 4.39 Å². The fourth-order valence-corrected chi connectivity index (χ4v) is 2.81. The Kier molecular flexibility index (Phi) is 4.16. The van der Waals surface area contributed by atoms with E-state index in [0.717, 1.165) is 0 Å². The molecule has 2 rings (SSSR count). The van der Waals surface area contributed by atoms with Crippen molar-refractivity contribution < 1.29 is 19.1 Å². The monoisotopic (exact) mass is 294 g/mol. The number of halogens is 1. The average Bonchev–Trinajstić information content (AvgIpc) is 2.49. The van der Waals surface area contributed by atoms with Gasteiger partial charge in [0.15, 0.2) is 0 Å². The number of nitrogens with two attached hydrogens (primary N) is 1. The van der Waals surface area contributed by atoms with Gasteiger partial charge in [-0.05, 0) is 31.4 Å². The Morgan fingerprint density at radius 3 is 2.81 bits per heavy atom. The number of anilines is 1. The molecule has 1 aromatic rings. The normalized spacial score (nSPS) is 22.1. The molecular weight excluding hydrogens is 275 g/mol. The van der Waals surface area contributed by atoms with Gasteiger partial charge in [-0.3, -0.25) is 9.59 Å². The SMILES string of the molecule is CCC1(C(=O)O)CCCN(C(=O)c2cccc(F)c2N)C1. The Hall–Kier alpha value is -2.11. The van der Waals surface area contributed by atoms with Crippen LogP contribution in [0.3, 0.4) is 0 Å². The van der Waals surface area contributed by atoms with E-state index in [1.165, 1.54) is 23.1 Å². The largest absolute Gasteiger partial charge is 0.481 e. The van der Waals surface area contributed by atoms with Crippen LogP contribution in [0.4, 0.5) is 10.1 Å². The topological polar surface area (TPSA) is 83.6 Å². The summed E-state index contributed by atoms with van der Waals surface area (Å²) in [7, 11) is 0. The Balaban J connectivity index is 2.27. The third-order valence-electron chi connectivity index (χ3n) is 4.28. The van der Waals surface area contributed by atoms with Crippen LogP contribution < -0.4 is 5.73 Å². The molecular formula is C15H19FN2O3. The number of carbonyl (C=O) groups is 2. The van der Waals surface area contributed by atoms with Gasteiger partial charge in [0.2, 0.25) is 0 Å². The van der Waals surface area contributed by atoms with Gasteiger partial charge in [0, 0.05) is 13.1 Å². The highest BCUT2D eigenvalue weighted by atomic mass is 19.1. The first kappa shape index (κ1) is 15.3. The van der Waals surface area contributed by atoms with Gasteiger partial charge < -0.3 is 15.7 Å². The van der Waals surface area contributed by atoms with Gasteiger partial charge in [0.25, 0.3) is 5.91 Å². The van der Waals surface area contributed by atoms with E-state index in [4.69, 9.17) is 5.73 Å². The molecule has 1 saturated heterocycles. The summed E-state index contributed by atoms with van der Waals surface area (Å²) >= 11 is 0. The Labute approximate surface area is 122 Å². The van der Waals surface area contributed by atoms with E-state index in [-0.39, 0.29) is 17.8 Å². The van der Waals surface area contributed by atoms with Crippen molar-refractivity contribution in [1.82, 2.24) is 4.90 Å². The summed E-state index contributed by atoms with van der Waals surface area (Å²) in [5.41, 5.74) is 4.59. The number of amides is 1. The molecule has 1 aliphatic rings. The van der Waals surface area contributed by atoms with Crippen LogP contribution in [0.2, 0.25) is 0 Å². The van der Waals surface area contributed by atoms with Gasteiger partial charge in [-0.1, -0.05) is 13.0 Å². The molecule has 1 fully saturated rings. The number of rotatable bonds is 3. The maximum atomic E-state index is 13.5. The molecule has 6 heteroatoms. The maximum Gasteiger partial charge on any atom is 0.311 e. The van der Waals surface area contributed by atoms with Crippen LogP contribution in [-0.2, 0) is 4.79 Å². The summed E-state index contributed by atoms with van der Waals surface area (Å²) in [5, 5.41) is 9.43. The molecule has 1 atom stereocenters. The van der Waals surface area contributed by atoms with E-state index >= 15 is 0 Å². The zero-order valence-corrected chi connectivity index (χ0v) is 11.9. The summed E-state index contributed by atoms with van der Waals surface area (Å²) in [6, 6.07) is 4.08. The van der Waals surface area contributed by atoms with Crippen molar-refractivity contribution in [3.63, 3.8) is 0 Å². The van der Waals surface area contributed by atoms with Gasteiger partial charge in [-0.2, -0.15) is 0 Å². The smallest absolute Gasteiger partial charge is 0.311 e. The minimum absolute atomic E-state index is 0.0901. The number of hydrogen-bond donors (Lipinski definition) is 2. The van der Waals surface area contributed by atoms with E-state index in [1.54, 1.807) is 6.92 Å². The average molecular weight is 294 g/mol. The molecule has 1 aromatic carbocycles. The molecule has 0 aliphatic carbocycles. The van der Waals surface area contributed by atoms with Crippen LogP contribution in [0.1, 0.15) is 36.5 Å². The van der Waals surface area contributed by atoms with Crippen molar-refractivity contribution in [2.45, 2.75) is 26.2 Å². The third-order valence-corrected chi connectivity index (χ3v) is 4.28. The standard InChI is InChI=1S/C15H19FN2O3/c1-2-15(14(20)21)7-4-8-18(9-15)13(19)10-5-3-6-11(16)12(10)17/h3,5-6H,2,4,7-9,17H2,1H3,(H,20,21). The van der Waals surface area contributed by atoms with Crippen LogP contribution in [0.25, 0.3) is 0 Å². The molecule has 1 aliphatic heterocycles. The summed E-state index contributed by atoms with van der Waals surface area (Å²) in [5.74, 6) is -1.95. The summed E-state index contributed by atoms with van der Waals surface area (Å²) < 4.78 is 13.5. The number of carboxylic acid groups (broad SMARTS) is 1. The number of piperidine rings is 1.